The van der Waals surface area contributed by atoms with Crippen LogP contribution >= 0.6 is 22.9 Å². The van der Waals surface area contributed by atoms with Crippen molar-refractivity contribution in [2.45, 2.75) is 6.54 Å². The number of para-hydroxylation sites is 1. The van der Waals surface area contributed by atoms with Crippen LogP contribution in [0, 0.1) is 0 Å². The summed E-state index contributed by atoms with van der Waals surface area (Å²) < 4.78 is 2.52. The number of aromatic nitrogens is 1. The summed E-state index contributed by atoms with van der Waals surface area (Å²) in [6.45, 7) is 0.520. The van der Waals surface area contributed by atoms with Gasteiger partial charge < -0.3 is 9.67 Å². The molecule has 0 saturated carbocycles. The van der Waals surface area contributed by atoms with Crippen LogP contribution in [0.25, 0.3) is 10.9 Å². The molecule has 0 unspecified atom stereocenters. The molecule has 1 N–H and O–H groups in total. The van der Waals surface area contributed by atoms with Gasteiger partial charge in [-0.25, -0.2) is 4.79 Å². The lowest BCUT2D eigenvalue weighted by Gasteiger charge is -2.06. The highest BCUT2D eigenvalue weighted by Crippen LogP contribution is 2.26. The van der Waals surface area contributed by atoms with Crippen molar-refractivity contribution in [3.05, 3.63) is 57.4 Å². The van der Waals surface area contributed by atoms with Gasteiger partial charge in [0, 0.05) is 15.8 Å². The zero-order chi connectivity index (χ0) is 13.4. The van der Waals surface area contributed by atoms with E-state index in [0.29, 0.717) is 16.6 Å². The fourth-order valence-electron chi connectivity index (χ4n) is 2.15. The van der Waals surface area contributed by atoms with Gasteiger partial charge in [-0.3, -0.25) is 0 Å². The summed E-state index contributed by atoms with van der Waals surface area (Å²) in [7, 11) is 0. The first-order valence-corrected chi connectivity index (χ1v) is 6.90. The van der Waals surface area contributed by atoms with Crippen molar-refractivity contribution in [1.29, 1.82) is 0 Å². The smallest absolute Gasteiger partial charge is 0.352 e. The van der Waals surface area contributed by atoms with Gasteiger partial charge in [0.05, 0.1) is 10.9 Å². The number of hydrogen-bond donors (Lipinski definition) is 1. The maximum absolute atomic E-state index is 11.3. The largest absolute Gasteiger partial charge is 0.477 e. The molecular formula is C14H10ClNO2S. The minimum absolute atomic E-state index is 0.297. The first-order valence-electron chi connectivity index (χ1n) is 5.71. The normalized spacial score (nSPS) is 11.0. The summed E-state index contributed by atoms with van der Waals surface area (Å²) in [6, 6.07) is 13.1. The molecule has 0 fully saturated rings. The first kappa shape index (κ1) is 12.3. The summed E-state index contributed by atoms with van der Waals surface area (Å²) in [5.74, 6) is -0.918. The maximum atomic E-state index is 11.3. The number of rotatable bonds is 3. The highest BCUT2D eigenvalue weighted by atomic mass is 35.5. The van der Waals surface area contributed by atoms with Crippen LogP contribution in [0.5, 0.6) is 0 Å². The van der Waals surface area contributed by atoms with E-state index in [9.17, 15) is 9.90 Å². The summed E-state index contributed by atoms with van der Waals surface area (Å²) in [6.07, 6.45) is 0. The Balaban J connectivity index is 2.14. The van der Waals surface area contributed by atoms with Gasteiger partial charge in [-0.1, -0.05) is 29.8 Å². The Labute approximate surface area is 118 Å². The van der Waals surface area contributed by atoms with Crippen LogP contribution in [-0.4, -0.2) is 15.6 Å². The van der Waals surface area contributed by atoms with Gasteiger partial charge in [-0.2, -0.15) is 0 Å². The number of halogens is 1. The number of hydrogen-bond acceptors (Lipinski definition) is 2. The Bertz CT molecular complexity index is 760. The monoisotopic (exact) mass is 291 g/mol. The zero-order valence-electron chi connectivity index (χ0n) is 9.84. The standard InChI is InChI=1S/C14H10ClNO2S/c15-13-6-5-10(19-13)8-16-11-4-2-1-3-9(11)7-12(16)14(17)18/h1-7H,8H2,(H,17,18). The van der Waals surface area contributed by atoms with Gasteiger partial charge in [0.25, 0.3) is 0 Å². The molecule has 0 spiro atoms. The predicted molar refractivity (Wildman–Crippen MR) is 77.3 cm³/mol. The number of carboxylic acids is 1. The Morgan fingerprint density at radius 1 is 1.26 bits per heavy atom. The first-order chi connectivity index (χ1) is 9.15. The lowest BCUT2D eigenvalue weighted by molar-refractivity contribution is 0.0686. The fourth-order valence-corrected chi connectivity index (χ4v) is 3.23. The molecule has 0 aliphatic rings. The molecule has 0 aliphatic heterocycles. The Hall–Kier alpha value is -1.78. The third kappa shape index (κ3) is 2.25. The number of benzene rings is 1. The Morgan fingerprint density at radius 3 is 2.74 bits per heavy atom. The highest BCUT2D eigenvalue weighted by molar-refractivity contribution is 7.16. The molecule has 3 aromatic rings. The molecular weight excluding hydrogens is 282 g/mol. The molecule has 5 heteroatoms. The molecule has 0 aliphatic carbocycles. The Kier molecular flexibility index (Phi) is 3.05. The van der Waals surface area contributed by atoms with Gasteiger partial charge >= 0.3 is 5.97 Å². The molecule has 2 aromatic heterocycles. The van der Waals surface area contributed by atoms with Gasteiger partial charge in [-0.15, -0.1) is 11.3 Å². The van der Waals surface area contributed by atoms with E-state index in [1.54, 1.807) is 10.6 Å². The molecule has 0 saturated heterocycles. The fraction of sp³-hybridized carbons (Fsp3) is 0.0714. The summed E-state index contributed by atoms with van der Waals surface area (Å²) in [4.78, 5) is 12.4. The number of aromatic carboxylic acids is 1. The SMILES string of the molecule is O=C(O)c1cc2ccccc2n1Cc1ccc(Cl)s1. The Morgan fingerprint density at radius 2 is 2.05 bits per heavy atom. The minimum Gasteiger partial charge on any atom is -0.477 e. The van der Waals surface area contributed by atoms with Gasteiger partial charge in [0.15, 0.2) is 0 Å². The van der Waals surface area contributed by atoms with Crippen molar-refractivity contribution < 1.29 is 9.90 Å². The van der Waals surface area contributed by atoms with Crippen LogP contribution in [0.2, 0.25) is 4.34 Å². The van der Waals surface area contributed by atoms with Crippen LogP contribution < -0.4 is 0 Å². The number of carbonyl (C=O) groups is 1. The van der Waals surface area contributed by atoms with Crippen molar-refractivity contribution in [3.63, 3.8) is 0 Å². The van der Waals surface area contributed by atoms with E-state index in [4.69, 9.17) is 11.6 Å². The molecule has 2 heterocycles. The number of thiophene rings is 1. The van der Waals surface area contributed by atoms with Crippen LogP contribution in [0.3, 0.4) is 0 Å². The van der Waals surface area contributed by atoms with Crippen molar-refractivity contribution >= 4 is 39.8 Å². The lowest BCUT2D eigenvalue weighted by Crippen LogP contribution is -2.08. The second-order valence-corrected chi connectivity index (χ2v) is 5.99. The molecule has 1 aromatic carbocycles. The van der Waals surface area contributed by atoms with E-state index in [2.05, 4.69) is 0 Å². The molecule has 0 radical (unpaired) electrons. The van der Waals surface area contributed by atoms with Gasteiger partial charge in [-0.05, 0) is 24.3 Å². The quantitative estimate of drug-likeness (QED) is 0.789. The van der Waals surface area contributed by atoms with Gasteiger partial charge in [0.2, 0.25) is 0 Å². The van der Waals surface area contributed by atoms with E-state index >= 15 is 0 Å². The van der Waals surface area contributed by atoms with Gasteiger partial charge in [0.1, 0.15) is 5.69 Å². The third-order valence-corrected chi connectivity index (χ3v) is 4.19. The molecule has 0 atom stereocenters. The topological polar surface area (TPSA) is 42.2 Å². The predicted octanol–water partition coefficient (Wildman–Crippen LogP) is 4.10. The van der Waals surface area contributed by atoms with Crippen molar-refractivity contribution in [2.24, 2.45) is 0 Å². The van der Waals surface area contributed by atoms with E-state index < -0.39 is 5.97 Å². The molecule has 96 valence electrons. The average molecular weight is 292 g/mol. The van der Waals surface area contributed by atoms with E-state index in [-0.39, 0.29) is 0 Å². The lowest BCUT2D eigenvalue weighted by atomic mass is 10.2. The van der Waals surface area contributed by atoms with Crippen LogP contribution in [0.4, 0.5) is 0 Å². The summed E-state index contributed by atoms with van der Waals surface area (Å²) in [5, 5.41) is 10.2. The van der Waals surface area contributed by atoms with Crippen LogP contribution in [0.1, 0.15) is 15.4 Å². The number of carboxylic acid groups (broad SMARTS) is 1. The van der Waals surface area contributed by atoms with E-state index in [1.807, 2.05) is 36.4 Å². The molecule has 3 nitrogen and oxygen atoms in total. The summed E-state index contributed by atoms with van der Waals surface area (Å²) >= 11 is 7.38. The second-order valence-electron chi connectivity index (χ2n) is 4.19. The second kappa shape index (κ2) is 4.72. The van der Waals surface area contributed by atoms with Crippen molar-refractivity contribution in [2.75, 3.05) is 0 Å². The van der Waals surface area contributed by atoms with Crippen LogP contribution in [-0.2, 0) is 6.54 Å². The summed E-state index contributed by atoms with van der Waals surface area (Å²) in [5.41, 5.74) is 1.22. The molecule has 19 heavy (non-hydrogen) atoms. The molecule has 0 bridgehead atoms. The van der Waals surface area contributed by atoms with E-state index in [1.165, 1.54) is 11.3 Å². The minimum atomic E-state index is -0.918. The highest BCUT2D eigenvalue weighted by Gasteiger charge is 2.15. The average Bonchev–Trinajstić information content (AvgIpc) is 2.95. The zero-order valence-corrected chi connectivity index (χ0v) is 11.4. The van der Waals surface area contributed by atoms with Crippen LogP contribution in [0.15, 0.2) is 42.5 Å². The molecule has 3 rings (SSSR count). The number of fused-ring (bicyclic) bond motifs is 1. The maximum Gasteiger partial charge on any atom is 0.352 e. The van der Waals surface area contributed by atoms with Crippen molar-refractivity contribution in [3.8, 4) is 0 Å². The third-order valence-electron chi connectivity index (χ3n) is 2.97. The number of nitrogens with zero attached hydrogens (tertiary/aromatic N) is 1. The van der Waals surface area contributed by atoms with E-state index in [0.717, 1.165) is 15.8 Å². The van der Waals surface area contributed by atoms with Crippen molar-refractivity contribution in [1.82, 2.24) is 4.57 Å². The molecule has 0 amide bonds.